The quantitative estimate of drug-likeness (QED) is 0.724. The summed E-state index contributed by atoms with van der Waals surface area (Å²) in [6.07, 6.45) is -0.612. The summed E-state index contributed by atoms with van der Waals surface area (Å²) in [6.45, 7) is 11.1. The molecule has 5 nitrogen and oxygen atoms in total. The molecule has 0 aromatic rings. The summed E-state index contributed by atoms with van der Waals surface area (Å²) in [5, 5.41) is 17.1. The fourth-order valence-corrected chi connectivity index (χ4v) is 1.27. The van der Waals surface area contributed by atoms with E-state index < -0.39 is 6.10 Å². The van der Waals surface area contributed by atoms with Crippen LogP contribution in [0.5, 0.6) is 0 Å². The van der Waals surface area contributed by atoms with Crippen molar-refractivity contribution in [2.45, 2.75) is 33.0 Å². The third-order valence-corrected chi connectivity index (χ3v) is 2.43. The third kappa shape index (κ3) is 10.7. The van der Waals surface area contributed by atoms with Gasteiger partial charge in [0.05, 0.1) is 38.6 Å². The van der Waals surface area contributed by atoms with E-state index in [2.05, 4.69) is 11.8 Å². The summed E-state index contributed by atoms with van der Waals surface area (Å²) in [7, 11) is 0. The number of rotatable bonds is 5. The summed E-state index contributed by atoms with van der Waals surface area (Å²) in [4.78, 5) is 2.39. The normalized spacial score (nSPS) is 20.3. The minimum absolute atomic E-state index is 0.00667. The number of hydrogen-bond acceptors (Lipinski definition) is 5. The second-order valence-electron chi connectivity index (χ2n) is 4.22. The smallest absolute Gasteiger partial charge is 0.0779 e. The first-order valence-electron chi connectivity index (χ1n) is 6.30. The lowest BCUT2D eigenvalue weighted by Crippen LogP contribution is -2.35. The molecule has 0 aromatic carbocycles. The monoisotopic (exact) mass is 249 g/mol. The van der Waals surface area contributed by atoms with E-state index in [4.69, 9.17) is 19.7 Å². The first kappa shape index (κ1) is 16.8. The van der Waals surface area contributed by atoms with Crippen LogP contribution in [0.4, 0.5) is 0 Å². The van der Waals surface area contributed by atoms with Gasteiger partial charge in [-0.05, 0) is 20.4 Å². The molecule has 0 spiro atoms. The van der Waals surface area contributed by atoms with Crippen LogP contribution in [0.2, 0.25) is 0 Å². The van der Waals surface area contributed by atoms with Crippen molar-refractivity contribution in [2.75, 3.05) is 46.1 Å². The summed E-state index contributed by atoms with van der Waals surface area (Å²) in [6, 6.07) is 0. The third-order valence-electron chi connectivity index (χ3n) is 2.43. The summed E-state index contributed by atoms with van der Waals surface area (Å²) < 4.78 is 10.1. The molecular formula is C12H27NO4. The lowest BCUT2D eigenvalue weighted by molar-refractivity contribution is -0.0177. The van der Waals surface area contributed by atoms with Crippen molar-refractivity contribution in [3.05, 3.63) is 0 Å². The zero-order valence-electron chi connectivity index (χ0n) is 11.3. The second-order valence-corrected chi connectivity index (χ2v) is 4.22. The highest BCUT2D eigenvalue weighted by atomic mass is 16.5. The first-order chi connectivity index (χ1) is 8.10. The van der Waals surface area contributed by atoms with Crippen LogP contribution in [0.15, 0.2) is 0 Å². The largest absolute Gasteiger partial charge is 0.394 e. The first-order valence-corrected chi connectivity index (χ1v) is 6.30. The minimum Gasteiger partial charge on any atom is -0.394 e. The number of ether oxygens (including phenoxy) is 2. The Kier molecular flexibility index (Phi) is 10.8. The van der Waals surface area contributed by atoms with Gasteiger partial charge in [0.2, 0.25) is 0 Å². The fourth-order valence-electron chi connectivity index (χ4n) is 1.27. The number of aliphatic hydroxyl groups excluding tert-OH is 2. The predicted octanol–water partition coefficient (Wildman–Crippen LogP) is 0.103. The van der Waals surface area contributed by atoms with Gasteiger partial charge in [0.1, 0.15) is 0 Å². The van der Waals surface area contributed by atoms with Gasteiger partial charge in [0.25, 0.3) is 0 Å². The van der Waals surface area contributed by atoms with Crippen molar-refractivity contribution in [1.82, 2.24) is 4.90 Å². The second kappa shape index (κ2) is 10.9. The van der Waals surface area contributed by atoms with Crippen LogP contribution in [0, 0.1) is 0 Å². The summed E-state index contributed by atoms with van der Waals surface area (Å²) >= 11 is 0. The number of morpholine rings is 1. The Bertz CT molecular complexity index is 161. The summed E-state index contributed by atoms with van der Waals surface area (Å²) in [5.41, 5.74) is 0. The van der Waals surface area contributed by atoms with E-state index in [1.807, 2.05) is 0 Å². The molecule has 104 valence electrons. The molecule has 0 saturated carbocycles. The van der Waals surface area contributed by atoms with E-state index in [0.717, 1.165) is 26.3 Å². The van der Waals surface area contributed by atoms with Crippen molar-refractivity contribution in [2.24, 2.45) is 0 Å². The van der Waals surface area contributed by atoms with Crippen LogP contribution in [-0.2, 0) is 9.47 Å². The molecule has 2 N–H and O–H groups in total. The molecular weight excluding hydrogens is 222 g/mol. The molecule has 17 heavy (non-hydrogen) atoms. The molecule has 0 radical (unpaired) electrons. The number of nitrogens with zero attached hydrogens (tertiary/aromatic N) is 1. The molecule has 0 amide bonds. The van der Waals surface area contributed by atoms with E-state index in [9.17, 15) is 0 Å². The van der Waals surface area contributed by atoms with Gasteiger partial charge in [-0.2, -0.15) is 0 Å². The predicted molar refractivity (Wildman–Crippen MR) is 67.1 cm³/mol. The Morgan fingerprint density at radius 2 is 1.88 bits per heavy atom. The van der Waals surface area contributed by atoms with Gasteiger partial charge in [-0.25, -0.2) is 0 Å². The highest BCUT2D eigenvalue weighted by Crippen LogP contribution is 1.93. The fraction of sp³-hybridized carbons (Fsp3) is 1.00. The van der Waals surface area contributed by atoms with Crippen molar-refractivity contribution in [3.63, 3.8) is 0 Å². The van der Waals surface area contributed by atoms with Gasteiger partial charge in [-0.1, -0.05) is 6.92 Å². The van der Waals surface area contributed by atoms with Gasteiger partial charge in [0, 0.05) is 13.1 Å². The Morgan fingerprint density at radius 3 is 2.24 bits per heavy atom. The van der Waals surface area contributed by atoms with E-state index >= 15 is 0 Å². The topological polar surface area (TPSA) is 62.2 Å². The van der Waals surface area contributed by atoms with Gasteiger partial charge in [-0.15, -0.1) is 0 Å². The maximum atomic E-state index is 8.69. The van der Waals surface area contributed by atoms with Gasteiger partial charge < -0.3 is 19.7 Å². The van der Waals surface area contributed by atoms with Gasteiger partial charge in [-0.3, -0.25) is 4.90 Å². The molecule has 1 saturated heterocycles. The number of aliphatic hydroxyl groups is 2. The Balaban J connectivity index is 0.000000302. The van der Waals surface area contributed by atoms with Gasteiger partial charge in [0.15, 0.2) is 0 Å². The Labute approximate surface area is 104 Å². The molecule has 0 aliphatic carbocycles. The summed E-state index contributed by atoms with van der Waals surface area (Å²) in [5.74, 6) is 0. The maximum Gasteiger partial charge on any atom is 0.0779 e. The highest BCUT2D eigenvalue weighted by molar-refractivity contribution is 4.57. The number of hydrogen-bond donors (Lipinski definition) is 2. The van der Waals surface area contributed by atoms with Crippen LogP contribution in [0.25, 0.3) is 0 Å². The standard InChI is InChI=1S/C6H13NO.C6H14O3/c1-2-7-3-5-8-6-4-7;1-5(8)4-9-6(2)3-7/h2-6H2,1H3;5-8H,3-4H2,1-2H3. The van der Waals surface area contributed by atoms with Gasteiger partial charge >= 0.3 is 0 Å². The number of likely N-dealkylation sites (N-methyl/N-ethyl adjacent to an activating group) is 1. The van der Waals surface area contributed by atoms with Crippen molar-refractivity contribution >= 4 is 0 Å². The van der Waals surface area contributed by atoms with Crippen LogP contribution in [0.3, 0.4) is 0 Å². The molecule has 1 fully saturated rings. The molecule has 2 unspecified atom stereocenters. The van der Waals surface area contributed by atoms with Crippen molar-refractivity contribution in [3.8, 4) is 0 Å². The highest BCUT2D eigenvalue weighted by Gasteiger charge is 2.05. The molecule has 2 atom stereocenters. The van der Waals surface area contributed by atoms with E-state index in [0.29, 0.717) is 6.61 Å². The lowest BCUT2D eigenvalue weighted by atomic mass is 10.4. The van der Waals surface area contributed by atoms with Crippen LogP contribution in [0.1, 0.15) is 20.8 Å². The van der Waals surface area contributed by atoms with E-state index in [1.165, 1.54) is 6.54 Å². The Morgan fingerprint density at radius 1 is 1.29 bits per heavy atom. The minimum atomic E-state index is -0.445. The van der Waals surface area contributed by atoms with Crippen LogP contribution in [-0.4, -0.2) is 73.4 Å². The maximum absolute atomic E-state index is 8.69. The lowest BCUT2D eigenvalue weighted by Gasteiger charge is -2.24. The average Bonchev–Trinajstić information content (AvgIpc) is 2.37. The van der Waals surface area contributed by atoms with Crippen LogP contribution >= 0.6 is 0 Å². The molecule has 1 rings (SSSR count). The average molecular weight is 249 g/mol. The van der Waals surface area contributed by atoms with E-state index in [-0.39, 0.29) is 12.7 Å². The van der Waals surface area contributed by atoms with Crippen molar-refractivity contribution < 1.29 is 19.7 Å². The molecule has 1 aliphatic heterocycles. The van der Waals surface area contributed by atoms with E-state index in [1.54, 1.807) is 13.8 Å². The molecule has 5 heteroatoms. The molecule has 1 heterocycles. The molecule has 0 bridgehead atoms. The zero-order chi connectivity index (χ0) is 13.1. The SMILES string of the molecule is CC(O)COC(C)CO.CCN1CCOCC1. The van der Waals surface area contributed by atoms with Crippen molar-refractivity contribution in [1.29, 1.82) is 0 Å². The van der Waals surface area contributed by atoms with Crippen LogP contribution < -0.4 is 0 Å². The molecule has 1 aliphatic rings. The Hall–Kier alpha value is -0.200. The zero-order valence-corrected chi connectivity index (χ0v) is 11.3. The molecule has 0 aromatic heterocycles.